The average molecular weight is 268 g/mol. The lowest BCUT2D eigenvalue weighted by Crippen LogP contribution is -2.54. The monoisotopic (exact) mass is 268 g/mol. The number of halogens is 3. The largest absolute Gasteiger partial charge is 0.480 e. The number of hydrogen-bond acceptors (Lipinski definition) is 3. The molecule has 1 fully saturated rings. The van der Waals surface area contributed by atoms with Gasteiger partial charge in [0.15, 0.2) is 0 Å². The number of aliphatic carboxylic acids is 1. The Labute approximate surface area is 104 Å². The fourth-order valence-electron chi connectivity index (χ4n) is 2.22. The minimum Gasteiger partial charge on any atom is -0.480 e. The zero-order valence-electron chi connectivity index (χ0n) is 10.4. The molecule has 1 atom stereocenters. The first-order valence-electron chi connectivity index (χ1n) is 6.09. The zero-order chi connectivity index (χ0) is 13.8. The second-order valence-electron chi connectivity index (χ2n) is 4.57. The summed E-state index contributed by atoms with van der Waals surface area (Å²) in [5.41, 5.74) is 0. The van der Waals surface area contributed by atoms with Crippen LogP contribution in [0.2, 0.25) is 0 Å². The molecular formula is C11H19F3N2O2. The second kappa shape index (κ2) is 6.38. The minimum absolute atomic E-state index is 0.271. The van der Waals surface area contributed by atoms with Crippen LogP contribution >= 0.6 is 0 Å². The number of hydrogen-bond donors (Lipinski definition) is 1. The van der Waals surface area contributed by atoms with Crippen molar-refractivity contribution in [1.29, 1.82) is 0 Å². The number of piperazine rings is 1. The highest BCUT2D eigenvalue weighted by molar-refractivity contribution is 5.73. The third-order valence-electron chi connectivity index (χ3n) is 3.10. The van der Waals surface area contributed by atoms with Crippen LogP contribution in [-0.4, -0.2) is 65.8 Å². The summed E-state index contributed by atoms with van der Waals surface area (Å²) in [6.45, 7) is 2.29. The molecule has 0 aromatic carbocycles. The highest BCUT2D eigenvalue weighted by Crippen LogP contribution is 2.18. The van der Waals surface area contributed by atoms with Crippen LogP contribution in [0.25, 0.3) is 0 Å². The Kier molecular flexibility index (Phi) is 5.40. The van der Waals surface area contributed by atoms with Crippen LogP contribution in [0.4, 0.5) is 13.2 Å². The van der Waals surface area contributed by atoms with Gasteiger partial charge in [0.2, 0.25) is 0 Å². The van der Waals surface area contributed by atoms with Crippen molar-refractivity contribution in [2.45, 2.75) is 32.0 Å². The summed E-state index contributed by atoms with van der Waals surface area (Å²) in [7, 11) is 0. The normalized spacial score (nSPS) is 20.9. The van der Waals surface area contributed by atoms with Crippen LogP contribution < -0.4 is 0 Å². The molecule has 0 aliphatic carbocycles. The molecule has 7 heteroatoms. The van der Waals surface area contributed by atoms with Crippen LogP contribution in [0.1, 0.15) is 19.8 Å². The van der Waals surface area contributed by atoms with E-state index in [1.54, 1.807) is 4.90 Å². The van der Waals surface area contributed by atoms with Crippen molar-refractivity contribution < 1.29 is 23.1 Å². The number of nitrogens with zero attached hydrogens (tertiary/aromatic N) is 2. The summed E-state index contributed by atoms with van der Waals surface area (Å²) in [5, 5.41) is 9.07. The molecule has 1 aliphatic rings. The fraction of sp³-hybridized carbons (Fsp3) is 0.909. The Morgan fingerprint density at radius 2 is 1.83 bits per heavy atom. The summed E-state index contributed by atoms with van der Waals surface area (Å²) in [6, 6.07) is -0.567. The van der Waals surface area contributed by atoms with Gasteiger partial charge in [-0.15, -0.1) is 0 Å². The van der Waals surface area contributed by atoms with Gasteiger partial charge in [0.1, 0.15) is 6.04 Å². The molecule has 0 aromatic rings. The highest BCUT2D eigenvalue weighted by atomic mass is 19.4. The van der Waals surface area contributed by atoms with Crippen LogP contribution in [0.15, 0.2) is 0 Å². The molecule has 0 bridgehead atoms. The number of carboxylic acids is 1. The summed E-state index contributed by atoms with van der Waals surface area (Å²) >= 11 is 0. The van der Waals surface area contributed by atoms with Gasteiger partial charge in [-0.3, -0.25) is 14.6 Å². The van der Waals surface area contributed by atoms with Gasteiger partial charge in [0, 0.05) is 26.2 Å². The Balaban J connectivity index is 2.44. The standard InChI is InChI=1S/C11H19F3N2O2/c1-2-3-9(10(17)18)16-6-4-15(5-7-16)8-11(12,13)14/h9H,2-8H2,1H3,(H,17,18). The summed E-state index contributed by atoms with van der Waals surface area (Å²) in [5.74, 6) is -0.888. The van der Waals surface area contributed by atoms with E-state index in [4.69, 9.17) is 5.11 Å². The van der Waals surface area contributed by atoms with Crippen molar-refractivity contribution in [3.8, 4) is 0 Å². The van der Waals surface area contributed by atoms with Crippen molar-refractivity contribution in [1.82, 2.24) is 9.80 Å². The van der Waals surface area contributed by atoms with Gasteiger partial charge in [-0.25, -0.2) is 0 Å². The van der Waals surface area contributed by atoms with Gasteiger partial charge in [0.05, 0.1) is 6.54 Å². The molecule has 0 amide bonds. The third kappa shape index (κ3) is 4.81. The van der Waals surface area contributed by atoms with Crippen LogP contribution in [0, 0.1) is 0 Å². The second-order valence-corrected chi connectivity index (χ2v) is 4.57. The molecule has 0 saturated carbocycles. The number of carbonyl (C=O) groups is 1. The van der Waals surface area contributed by atoms with E-state index < -0.39 is 24.7 Å². The number of carboxylic acid groups (broad SMARTS) is 1. The molecule has 1 aliphatic heterocycles. The van der Waals surface area contributed by atoms with Gasteiger partial charge in [-0.1, -0.05) is 13.3 Å². The van der Waals surface area contributed by atoms with Crippen molar-refractivity contribution in [3.63, 3.8) is 0 Å². The Morgan fingerprint density at radius 1 is 1.28 bits per heavy atom. The van der Waals surface area contributed by atoms with Crippen molar-refractivity contribution in [3.05, 3.63) is 0 Å². The van der Waals surface area contributed by atoms with E-state index in [1.165, 1.54) is 4.90 Å². The van der Waals surface area contributed by atoms with Gasteiger partial charge < -0.3 is 5.11 Å². The predicted octanol–water partition coefficient (Wildman–Crippen LogP) is 1.42. The SMILES string of the molecule is CCCC(C(=O)O)N1CCN(CC(F)(F)F)CC1. The van der Waals surface area contributed by atoms with E-state index in [9.17, 15) is 18.0 Å². The minimum atomic E-state index is -4.18. The molecule has 1 saturated heterocycles. The van der Waals surface area contributed by atoms with Gasteiger partial charge >= 0.3 is 12.1 Å². The molecule has 1 heterocycles. The molecule has 0 aromatic heterocycles. The third-order valence-corrected chi connectivity index (χ3v) is 3.10. The first kappa shape index (κ1) is 15.2. The molecular weight excluding hydrogens is 249 g/mol. The maximum atomic E-state index is 12.2. The molecule has 18 heavy (non-hydrogen) atoms. The number of rotatable bonds is 5. The Bertz CT molecular complexity index is 276. The molecule has 0 radical (unpaired) electrons. The van der Waals surface area contributed by atoms with Gasteiger partial charge in [-0.05, 0) is 6.42 Å². The fourth-order valence-corrected chi connectivity index (χ4v) is 2.22. The van der Waals surface area contributed by atoms with E-state index in [0.29, 0.717) is 19.5 Å². The molecule has 4 nitrogen and oxygen atoms in total. The lowest BCUT2D eigenvalue weighted by molar-refractivity contribution is -0.154. The molecule has 1 rings (SSSR count). The van der Waals surface area contributed by atoms with Crippen molar-refractivity contribution in [2.75, 3.05) is 32.7 Å². The van der Waals surface area contributed by atoms with Gasteiger partial charge in [0.25, 0.3) is 0 Å². The van der Waals surface area contributed by atoms with E-state index in [-0.39, 0.29) is 13.1 Å². The molecule has 1 N–H and O–H groups in total. The topological polar surface area (TPSA) is 43.8 Å². The highest BCUT2D eigenvalue weighted by Gasteiger charge is 2.34. The quantitative estimate of drug-likeness (QED) is 0.819. The van der Waals surface area contributed by atoms with E-state index >= 15 is 0 Å². The van der Waals surface area contributed by atoms with Crippen molar-refractivity contribution >= 4 is 5.97 Å². The van der Waals surface area contributed by atoms with Crippen molar-refractivity contribution in [2.24, 2.45) is 0 Å². The first-order valence-corrected chi connectivity index (χ1v) is 6.09. The van der Waals surface area contributed by atoms with Crippen LogP contribution in [0.5, 0.6) is 0 Å². The first-order chi connectivity index (χ1) is 8.33. The van der Waals surface area contributed by atoms with Crippen LogP contribution in [-0.2, 0) is 4.79 Å². The number of alkyl halides is 3. The maximum absolute atomic E-state index is 12.2. The Morgan fingerprint density at radius 3 is 2.22 bits per heavy atom. The molecule has 1 unspecified atom stereocenters. The summed E-state index contributed by atoms with van der Waals surface area (Å²) < 4.78 is 36.6. The lowest BCUT2D eigenvalue weighted by Gasteiger charge is -2.37. The van der Waals surface area contributed by atoms with E-state index in [2.05, 4.69) is 0 Å². The van der Waals surface area contributed by atoms with Gasteiger partial charge in [-0.2, -0.15) is 13.2 Å². The summed E-state index contributed by atoms with van der Waals surface area (Å²) in [6.07, 6.45) is -2.90. The molecule has 0 spiro atoms. The smallest absolute Gasteiger partial charge is 0.401 e. The maximum Gasteiger partial charge on any atom is 0.401 e. The molecule has 106 valence electrons. The lowest BCUT2D eigenvalue weighted by atomic mass is 10.1. The van der Waals surface area contributed by atoms with E-state index in [0.717, 1.165) is 6.42 Å². The average Bonchev–Trinajstić information content (AvgIpc) is 2.25. The zero-order valence-corrected chi connectivity index (χ0v) is 10.4. The predicted molar refractivity (Wildman–Crippen MR) is 60.4 cm³/mol. The van der Waals surface area contributed by atoms with Crippen LogP contribution in [0.3, 0.4) is 0 Å². The summed E-state index contributed by atoms with van der Waals surface area (Å²) in [4.78, 5) is 14.1. The van der Waals surface area contributed by atoms with E-state index in [1.807, 2.05) is 6.92 Å². The Hall–Kier alpha value is -0.820.